The van der Waals surface area contributed by atoms with Crippen LogP contribution in [0.25, 0.3) is 10.2 Å². The molecule has 0 aliphatic carbocycles. The van der Waals surface area contributed by atoms with E-state index in [4.69, 9.17) is 4.74 Å². The summed E-state index contributed by atoms with van der Waals surface area (Å²) in [4.78, 5) is 12.6. The van der Waals surface area contributed by atoms with Crippen molar-refractivity contribution in [2.45, 2.75) is 31.2 Å². The number of ether oxygens (including phenoxy) is 1. The summed E-state index contributed by atoms with van der Waals surface area (Å²) in [6.07, 6.45) is 0.450. The minimum Gasteiger partial charge on any atom is -0.467 e. The summed E-state index contributed by atoms with van der Waals surface area (Å²) < 4.78 is 37.1. The van der Waals surface area contributed by atoms with Gasteiger partial charge in [-0.3, -0.25) is 0 Å². The van der Waals surface area contributed by atoms with E-state index in [2.05, 4.69) is 4.40 Å². The maximum Gasteiger partial charge on any atom is 0.328 e. The average molecular weight is 405 g/mol. The third-order valence-electron chi connectivity index (χ3n) is 4.22. The average Bonchev–Trinajstić information content (AvgIpc) is 3.00. The Morgan fingerprint density at radius 2 is 1.85 bits per heavy atom. The second kappa shape index (κ2) is 7.66. The number of benzene rings is 2. The van der Waals surface area contributed by atoms with Gasteiger partial charge < -0.3 is 9.30 Å². The van der Waals surface area contributed by atoms with Gasteiger partial charge >= 0.3 is 5.97 Å². The number of aromatic nitrogens is 1. The molecular weight excluding hydrogens is 384 g/mol. The molecule has 0 aliphatic heterocycles. The first-order chi connectivity index (χ1) is 12.9. The third-order valence-corrected chi connectivity index (χ3v) is 6.65. The van der Waals surface area contributed by atoms with Crippen LogP contribution >= 0.6 is 11.3 Å². The van der Waals surface area contributed by atoms with E-state index in [1.807, 2.05) is 38.1 Å². The van der Waals surface area contributed by atoms with Gasteiger partial charge in [0.25, 0.3) is 10.0 Å². The van der Waals surface area contributed by atoms with E-state index in [1.165, 1.54) is 30.6 Å². The first-order valence-corrected chi connectivity index (χ1v) is 10.7. The zero-order valence-electron chi connectivity index (χ0n) is 15.2. The fraction of sp³-hybridized carbons (Fsp3) is 0.263. The van der Waals surface area contributed by atoms with E-state index >= 15 is 0 Å². The number of carbonyl (C=O) groups is 1. The lowest BCUT2D eigenvalue weighted by Crippen LogP contribution is -2.28. The Morgan fingerprint density at radius 1 is 1.19 bits per heavy atom. The number of hydrogen-bond donors (Lipinski definition) is 0. The van der Waals surface area contributed by atoms with Gasteiger partial charge in [-0.1, -0.05) is 48.1 Å². The highest BCUT2D eigenvalue weighted by molar-refractivity contribution is 7.90. The Balaban J connectivity index is 2.27. The van der Waals surface area contributed by atoms with E-state index in [1.54, 1.807) is 16.7 Å². The molecule has 0 spiro atoms. The smallest absolute Gasteiger partial charge is 0.328 e. The third kappa shape index (κ3) is 3.81. The van der Waals surface area contributed by atoms with Gasteiger partial charge in [0, 0.05) is 0 Å². The summed E-state index contributed by atoms with van der Waals surface area (Å²) in [6.45, 7) is 3.73. The number of nitrogens with zero attached hydrogens (tertiary/aromatic N) is 2. The number of rotatable bonds is 5. The Morgan fingerprint density at radius 3 is 2.48 bits per heavy atom. The predicted octanol–water partition coefficient (Wildman–Crippen LogP) is 3.42. The van der Waals surface area contributed by atoms with Crippen molar-refractivity contribution < 1.29 is 17.9 Å². The topological polar surface area (TPSA) is 77.7 Å². The van der Waals surface area contributed by atoms with Crippen molar-refractivity contribution in [2.75, 3.05) is 7.11 Å². The number of aryl methyl sites for hydroxylation is 1. The van der Waals surface area contributed by atoms with Crippen LogP contribution in [-0.2, 0) is 19.6 Å². The van der Waals surface area contributed by atoms with E-state index in [0.717, 1.165) is 15.8 Å². The quantitative estimate of drug-likeness (QED) is 0.611. The maximum absolute atomic E-state index is 12.8. The number of thiazole rings is 1. The molecule has 1 heterocycles. The Bertz CT molecular complexity index is 1140. The molecule has 0 fully saturated rings. The van der Waals surface area contributed by atoms with Crippen molar-refractivity contribution in [3.63, 3.8) is 0 Å². The molecule has 142 valence electrons. The lowest BCUT2D eigenvalue weighted by molar-refractivity contribution is -0.144. The van der Waals surface area contributed by atoms with Crippen LogP contribution in [0.4, 0.5) is 0 Å². The molecule has 3 rings (SSSR count). The number of fused-ring (bicyclic) bond motifs is 1. The number of para-hydroxylation sites is 1. The number of methoxy groups -OCH3 is 1. The van der Waals surface area contributed by atoms with Gasteiger partial charge in [-0.05, 0) is 37.6 Å². The summed E-state index contributed by atoms with van der Waals surface area (Å²) in [5, 5.41) is 0. The Hall–Kier alpha value is -2.45. The van der Waals surface area contributed by atoms with Gasteiger partial charge in [0.15, 0.2) is 0 Å². The Labute approximate surface area is 161 Å². The molecule has 2 aromatic carbocycles. The Kier molecular flexibility index (Phi) is 5.48. The highest BCUT2D eigenvalue weighted by atomic mass is 32.2. The van der Waals surface area contributed by atoms with Gasteiger partial charge in [-0.15, -0.1) is 4.40 Å². The van der Waals surface area contributed by atoms with Crippen molar-refractivity contribution in [3.05, 3.63) is 58.9 Å². The molecule has 1 unspecified atom stereocenters. The van der Waals surface area contributed by atoms with Crippen LogP contribution in [0.2, 0.25) is 0 Å². The highest BCUT2D eigenvalue weighted by Crippen LogP contribution is 2.24. The number of hydrogen-bond acceptors (Lipinski definition) is 5. The van der Waals surface area contributed by atoms with E-state index in [0.29, 0.717) is 6.42 Å². The van der Waals surface area contributed by atoms with Crippen molar-refractivity contribution in [1.82, 2.24) is 4.57 Å². The molecule has 0 saturated carbocycles. The molecule has 0 aliphatic rings. The second-order valence-corrected chi connectivity index (χ2v) is 8.66. The molecule has 1 atom stereocenters. The van der Waals surface area contributed by atoms with Crippen LogP contribution in [0.3, 0.4) is 0 Å². The monoisotopic (exact) mass is 404 g/mol. The molecule has 0 saturated heterocycles. The normalized spacial score (nSPS) is 13.7. The number of carbonyl (C=O) groups excluding carboxylic acids is 1. The molecule has 1 aromatic heterocycles. The van der Waals surface area contributed by atoms with E-state index in [-0.39, 0.29) is 9.70 Å². The first kappa shape index (κ1) is 19.3. The summed E-state index contributed by atoms with van der Waals surface area (Å²) in [6, 6.07) is 13.3. The minimum atomic E-state index is -3.91. The van der Waals surface area contributed by atoms with Crippen molar-refractivity contribution in [3.8, 4) is 0 Å². The standard InChI is InChI=1S/C19H20N2O4S2/c1-4-15(18(22)25-3)21-16-7-5-6-8-17(16)26-19(21)20-27(23,24)14-11-9-13(2)10-12-14/h5-12,15H,4H2,1-3H3. The van der Waals surface area contributed by atoms with Crippen LogP contribution in [0.1, 0.15) is 24.9 Å². The fourth-order valence-corrected chi connectivity index (χ4v) is 5.07. The molecule has 27 heavy (non-hydrogen) atoms. The maximum atomic E-state index is 12.8. The molecule has 0 N–H and O–H groups in total. The second-order valence-electron chi connectivity index (χ2n) is 6.05. The van der Waals surface area contributed by atoms with E-state index < -0.39 is 22.0 Å². The summed E-state index contributed by atoms with van der Waals surface area (Å²) >= 11 is 1.23. The lowest BCUT2D eigenvalue weighted by Gasteiger charge is -2.15. The predicted molar refractivity (Wildman–Crippen MR) is 105 cm³/mol. The largest absolute Gasteiger partial charge is 0.467 e. The SMILES string of the molecule is CCC(C(=O)OC)n1c(=NS(=O)(=O)c2ccc(C)cc2)sc2ccccc21. The van der Waals surface area contributed by atoms with E-state index in [9.17, 15) is 13.2 Å². The number of esters is 1. The van der Waals surface area contributed by atoms with Crippen LogP contribution in [0, 0.1) is 6.92 Å². The van der Waals surface area contributed by atoms with Crippen LogP contribution in [0.5, 0.6) is 0 Å². The zero-order chi connectivity index (χ0) is 19.6. The van der Waals surface area contributed by atoms with Crippen LogP contribution in [0.15, 0.2) is 57.8 Å². The molecule has 0 radical (unpaired) electrons. The van der Waals surface area contributed by atoms with Gasteiger partial charge in [0.1, 0.15) is 6.04 Å². The van der Waals surface area contributed by atoms with Gasteiger partial charge in [0.05, 0.1) is 22.2 Å². The molecule has 0 amide bonds. The van der Waals surface area contributed by atoms with Gasteiger partial charge in [-0.2, -0.15) is 8.42 Å². The molecular formula is C19H20N2O4S2. The molecule has 6 nitrogen and oxygen atoms in total. The summed E-state index contributed by atoms with van der Waals surface area (Å²) in [7, 11) is -2.59. The minimum absolute atomic E-state index is 0.114. The highest BCUT2D eigenvalue weighted by Gasteiger charge is 2.24. The molecule has 8 heteroatoms. The van der Waals surface area contributed by atoms with Gasteiger partial charge in [-0.25, -0.2) is 4.79 Å². The van der Waals surface area contributed by atoms with Crippen LogP contribution < -0.4 is 4.80 Å². The lowest BCUT2D eigenvalue weighted by atomic mass is 10.2. The van der Waals surface area contributed by atoms with Crippen molar-refractivity contribution >= 4 is 37.5 Å². The summed E-state index contributed by atoms with van der Waals surface area (Å²) in [5.41, 5.74) is 1.71. The zero-order valence-corrected chi connectivity index (χ0v) is 16.9. The van der Waals surface area contributed by atoms with Crippen molar-refractivity contribution in [2.24, 2.45) is 4.40 Å². The first-order valence-electron chi connectivity index (χ1n) is 8.43. The summed E-state index contributed by atoms with van der Waals surface area (Å²) in [5.74, 6) is -0.435. The van der Waals surface area contributed by atoms with Crippen LogP contribution in [-0.4, -0.2) is 26.1 Å². The molecule has 0 bridgehead atoms. The molecule has 3 aromatic rings. The number of sulfonamides is 1. The fourth-order valence-electron chi connectivity index (χ4n) is 2.81. The van der Waals surface area contributed by atoms with Crippen molar-refractivity contribution in [1.29, 1.82) is 0 Å². The van der Waals surface area contributed by atoms with Gasteiger partial charge in [0.2, 0.25) is 4.80 Å².